The number of ketones is 1. The lowest BCUT2D eigenvalue weighted by molar-refractivity contribution is 0.0851. The first-order valence-electron chi connectivity index (χ1n) is 7.27. The van der Waals surface area contributed by atoms with E-state index in [-0.39, 0.29) is 17.6 Å². The molecule has 1 N–H and O–H groups in total. The number of hydrogen-bond donors (Lipinski definition) is 1. The fourth-order valence-corrected chi connectivity index (χ4v) is 3.33. The molecule has 2 heterocycles. The van der Waals surface area contributed by atoms with Gasteiger partial charge in [-0.15, -0.1) is 11.3 Å². The highest BCUT2D eigenvalue weighted by Gasteiger charge is 2.30. The van der Waals surface area contributed by atoms with E-state index in [1.54, 1.807) is 23.5 Å². The van der Waals surface area contributed by atoms with Gasteiger partial charge in [0.25, 0.3) is 0 Å². The molecule has 0 aliphatic carbocycles. The van der Waals surface area contributed by atoms with E-state index >= 15 is 0 Å². The molecular formula is C18H18O3S. The molecule has 114 valence electrons. The van der Waals surface area contributed by atoms with E-state index in [2.05, 4.69) is 0 Å². The fourth-order valence-electron chi connectivity index (χ4n) is 2.57. The van der Waals surface area contributed by atoms with Gasteiger partial charge in [-0.05, 0) is 43.8 Å². The summed E-state index contributed by atoms with van der Waals surface area (Å²) in [5.41, 5.74) is 2.42. The molecule has 22 heavy (non-hydrogen) atoms. The summed E-state index contributed by atoms with van der Waals surface area (Å²) in [5.74, 6) is 0.779. The number of carbonyl (C=O) groups is 1. The van der Waals surface area contributed by atoms with Crippen LogP contribution in [0.15, 0.2) is 41.3 Å². The maximum Gasteiger partial charge on any atom is 0.170 e. The Morgan fingerprint density at radius 1 is 1.41 bits per heavy atom. The molecule has 1 atom stereocenters. The third-order valence-electron chi connectivity index (χ3n) is 3.74. The molecule has 0 saturated carbocycles. The zero-order chi connectivity index (χ0) is 15.7. The lowest BCUT2D eigenvalue weighted by atomic mass is 9.95. The zero-order valence-corrected chi connectivity index (χ0v) is 13.4. The quantitative estimate of drug-likeness (QED) is 0.838. The Balaban J connectivity index is 2.03. The molecule has 2 aromatic rings. The van der Waals surface area contributed by atoms with Gasteiger partial charge in [0.1, 0.15) is 17.6 Å². The van der Waals surface area contributed by atoms with E-state index in [0.717, 1.165) is 10.5 Å². The second-order valence-corrected chi connectivity index (χ2v) is 6.65. The van der Waals surface area contributed by atoms with Crippen molar-refractivity contribution in [3.63, 3.8) is 0 Å². The minimum atomic E-state index is -0.257. The summed E-state index contributed by atoms with van der Waals surface area (Å²) in [7, 11) is 0. The van der Waals surface area contributed by atoms with Crippen LogP contribution in [0.5, 0.6) is 11.5 Å². The van der Waals surface area contributed by atoms with Crippen LogP contribution in [-0.2, 0) is 6.42 Å². The van der Waals surface area contributed by atoms with Crippen molar-refractivity contribution >= 4 is 17.1 Å². The molecule has 1 unspecified atom stereocenters. The Bertz CT molecular complexity index is 725. The molecule has 1 aliphatic heterocycles. The summed E-state index contributed by atoms with van der Waals surface area (Å²) in [6, 6.07) is 7.17. The molecule has 0 bridgehead atoms. The van der Waals surface area contributed by atoms with E-state index in [4.69, 9.17) is 4.74 Å². The van der Waals surface area contributed by atoms with Crippen LogP contribution in [0.1, 0.15) is 47.2 Å². The molecule has 0 radical (unpaired) electrons. The van der Waals surface area contributed by atoms with Gasteiger partial charge in [0.2, 0.25) is 0 Å². The highest BCUT2D eigenvalue weighted by molar-refractivity contribution is 7.10. The van der Waals surface area contributed by atoms with Crippen LogP contribution in [0.25, 0.3) is 0 Å². The third-order valence-corrected chi connectivity index (χ3v) is 4.71. The summed E-state index contributed by atoms with van der Waals surface area (Å²) in [6.45, 7) is 4.01. The van der Waals surface area contributed by atoms with Gasteiger partial charge in [-0.2, -0.15) is 0 Å². The molecule has 0 spiro atoms. The number of Topliss-reactive ketones (excluding diaryl/α,β-unsaturated/α-hetero) is 1. The van der Waals surface area contributed by atoms with E-state index in [1.807, 2.05) is 37.4 Å². The van der Waals surface area contributed by atoms with E-state index < -0.39 is 0 Å². The van der Waals surface area contributed by atoms with Crippen LogP contribution in [0.3, 0.4) is 0 Å². The van der Waals surface area contributed by atoms with Crippen LogP contribution >= 0.6 is 11.3 Å². The molecule has 1 aromatic carbocycles. The Morgan fingerprint density at radius 3 is 2.91 bits per heavy atom. The fraction of sp³-hybridized carbons (Fsp3) is 0.278. The molecule has 3 rings (SSSR count). The minimum absolute atomic E-state index is 0.0677. The molecule has 1 aliphatic rings. The van der Waals surface area contributed by atoms with Gasteiger partial charge in [0.05, 0.1) is 12.0 Å². The van der Waals surface area contributed by atoms with Gasteiger partial charge in [-0.1, -0.05) is 17.7 Å². The van der Waals surface area contributed by atoms with Crippen LogP contribution in [0.4, 0.5) is 0 Å². The van der Waals surface area contributed by atoms with Crippen molar-refractivity contribution in [1.29, 1.82) is 0 Å². The third kappa shape index (κ3) is 2.79. The predicted octanol–water partition coefficient (Wildman–Crippen LogP) is 4.67. The van der Waals surface area contributed by atoms with Crippen molar-refractivity contribution in [3.05, 3.63) is 57.3 Å². The summed E-state index contributed by atoms with van der Waals surface area (Å²) < 4.78 is 6.09. The van der Waals surface area contributed by atoms with Crippen molar-refractivity contribution in [2.75, 3.05) is 0 Å². The van der Waals surface area contributed by atoms with Gasteiger partial charge in [-0.25, -0.2) is 0 Å². The first-order chi connectivity index (χ1) is 10.6. The van der Waals surface area contributed by atoms with Gasteiger partial charge < -0.3 is 9.84 Å². The Hall–Kier alpha value is -2.07. The Kier molecular flexibility index (Phi) is 4.03. The lowest BCUT2D eigenvalue weighted by Gasteiger charge is -2.26. The van der Waals surface area contributed by atoms with Crippen molar-refractivity contribution in [3.8, 4) is 11.5 Å². The summed E-state index contributed by atoms with van der Waals surface area (Å²) in [4.78, 5) is 13.5. The predicted molar refractivity (Wildman–Crippen MR) is 87.9 cm³/mol. The maximum atomic E-state index is 12.4. The molecule has 1 aromatic heterocycles. The zero-order valence-electron chi connectivity index (χ0n) is 12.6. The van der Waals surface area contributed by atoms with Crippen molar-refractivity contribution in [1.82, 2.24) is 0 Å². The number of thiophene rings is 1. The number of aromatic hydroxyl groups is 1. The first-order valence-corrected chi connectivity index (χ1v) is 8.15. The number of rotatable bonds is 3. The number of benzene rings is 1. The maximum absolute atomic E-state index is 12.4. The summed E-state index contributed by atoms with van der Waals surface area (Å²) in [6.07, 6.45) is 2.67. The highest BCUT2D eigenvalue weighted by atomic mass is 32.1. The van der Waals surface area contributed by atoms with Gasteiger partial charge in [0.15, 0.2) is 5.78 Å². The second-order valence-electron chi connectivity index (χ2n) is 5.67. The average Bonchev–Trinajstić information content (AvgIpc) is 2.99. The minimum Gasteiger partial charge on any atom is -0.508 e. The smallest absolute Gasteiger partial charge is 0.170 e. The normalized spacial score (nSPS) is 16.8. The Morgan fingerprint density at radius 2 is 2.23 bits per heavy atom. The van der Waals surface area contributed by atoms with Crippen LogP contribution in [-0.4, -0.2) is 10.9 Å². The Labute approximate surface area is 133 Å². The molecule has 0 saturated heterocycles. The highest BCUT2D eigenvalue weighted by Crippen LogP contribution is 2.41. The van der Waals surface area contributed by atoms with Gasteiger partial charge in [-0.3, -0.25) is 4.79 Å². The average molecular weight is 314 g/mol. The van der Waals surface area contributed by atoms with Gasteiger partial charge >= 0.3 is 0 Å². The van der Waals surface area contributed by atoms with Crippen LogP contribution in [0, 0.1) is 0 Å². The largest absolute Gasteiger partial charge is 0.508 e. The molecule has 4 heteroatoms. The second kappa shape index (κ2) is 5.97. The number of phenols is 1. The molecule has 3 nitrogen and oxygen atoms in total. The van der Waals surface area contributed by atoms with Gasteiger partial charge in [0, 0.05) is 10.4 Å². The number of ether oxygens (including phenoxy) is 1. The van der Waals surface area contributed by atoms with Crippen LogP contribution in [0.2, 0.25) is 0 Å². The van der Waals surface area contributed by atoms with Crippen molar-refractivity contribution in [2.24, 2.45) is 0 Å². The molecule has 0 amide bonds. The first kappa shape index (κ1) is 14.9. The lowest BCUT2D eigenvalue weighted by Crippen LogP contribution is -2.20. The standard InChI is InChI=1S/C18H18O3S/c1-11(2)5-6-12-14(19)8-7-13-15(20)10-16(21-18(12)13)17-4-3-9-22-17/h3-5,7-9,16,19H,6,10H2,1-2H3. The van der Waals surface area contributed by atoms with Crippen molar-refractivity contribution in [2.45, 2.75) is 32.8 Å². The van der Waals surface area contributed by atoms with Crippen molar-refractivity contribution < 1.29 is 14.6 Å². The SMILES string of the molecule is CC(C)=CCc1c(O)ccc2c1OC(c1cccs1)CC2=O. The number of carbonyl (C=O) groups excluding carboxylic acids is 1. The summed E-state index contributed by atoms with van der Waals surface area (Å²) >= 11 is 1.58. The number of phenolic OH excluding ortho intramolecular Hbond substituents is 1. The number of fused-ring (bicyclic) bond motifs is 1. The molecule has 0 fully saturated rings. The monoisotopic (exact) mass is 314 g/mol. The van der Waals surface area contributed by atoms with E-state index in [1.165, 1.54) is 0 Å². The topological polar surface area (TPSA) is 46.5 Å². The van der Waals surface area contributed by atoms with E-state index in [0.29, 0.717) is 29.7 Å². The molecular weight excluding hydrogens is 296 g/mol. The van der Waals surface area contributed by atoms with Crippen LogP contribution < -0.4 is 4.74 Å². The number of hydrogen-bond acceptors (Lipinski definition) is 4. The summed E-state index contributed by atoms with van der Waals surface area (Å²) in [5, 5.41) is 12.1. The number of allylic oxidation sites excluding steroid dienone is 2. The van der Waals surface area contributed by atoms with E-state index in [9.17, 15) is 9.90 Å².